The number of aryl methyl sites for hydroxylation is 1. The van der Waals surface area contributed by atoms with Crippen LogP contribution in [0.3, 0.4) is 0 Å². The molecule has 0 spiro atoms. The minimum Gasteiger partial charge on any atom is -0.454 e. The van der Waals surface area contributed by atoms with E-state index in [-0.39, 0.29) is 12.8 Å². The molecule has 1 atom stereocenters. The average molecular weight is 323 g/mol. The van der Waals surface area contributed by atoms with E-state index in [1.807, 2.05) is 56.3 Å². The van der Waals surface area contributed by atoms with Gasteiger partial charge in [0, 0.05) is 17.3 Å². The zero-order chi connectivity index (χ0) is 16.5. The van der Waals surface area contributed by atoms with Crippen LogP contribution in [0.5, 0.6) is 11.5 Å². The van der Waals surface area contributed by atoms with Crippen molar-refractivity contribution in [3.63, 3.8) is 0 Å². The molecular formula is C18H17N3O3. The highest BCUT2D eigenvalue weighted by atomic mass is 16.7. The van der Waals surface area contributed by atoms with Crippen molar-refractivity contribution in [2.75, 3.05) is 12.1 Å². The van der Waals surface area contributed by atoms with E-state index < -0.39 is 0 Å². The summed E-state index contributed by atoms with van der Waals surface area (Å²) in [5, 5.41) is 11.6. The molecule has 6 nitrogen and oxygen atoms in total. The number of hydrogen-bond acceptors (Lipinski definition) is 6. The monoisotopic (exact) mass is 323 g/mol. The van der Waals surface area contributed by atoms with Gasteiger partial charge in [-0.15, -0.1) is 10.2 Å². The molecule has 6 heteroatoms. The number of ether oxygens (including phenoxy) is 2. The molecule has 122 valence electrons. The fraction of sp³-hybridized carbons (Fsp3) is 0.222. The van der Waals surface area contributed by atoms with Gasteiger partial charge < -0.3 is 19.2 Å². The van der Waals surface area contributed by atoms with Gasteiger partial charge in [-0.05, 0) is 38.1 Å². The third kappa shape index (κ3) is 2.78. The lowest BCUT2D eigenvalue weighted by Gasteiger charge is -2.11. The Hall–Kier alpha value is -3.02. The number of rotatable bonds is 4. The molecule has 3 aromatic rings. The predicted molar refractivity (Wildman–Crippen MR) is 89.1 cm³/mol. The van der Waals surface area contributed by atoms with Gasteiger partial charge in [-0.2, -0.15) is 0 Å². The maximum absolute atomic E-state index is 5.80. The molecule has 0 saturated carbocycles. The van der Waals surface area contributed by atoms with Crippen LogP contribution in [0.15, 0.2) is 46.9 Å². The number of fused-ring (bicyclic) bond motifs is 1. The molecule has 2 aromatic carbocycles. The Kier molecular flexibility index (Phi) is 3.57. The molecule has 4 rings (SSSR count). The largest absolute Gasteiger partial charge is 0.454 e. The number of anilines is 1. The van der Waals surface area contributed by atoms with Gasteiger partial charge >= 0.3 is 0 Å². The van der Waals surface area contributed by atoms with Crippen LogP contribution in [0.4, 0.5) is 5.69 Å². The molecule has 1 aliphatic rings. The lowest BCUT2D eigenvalue weighted by atomic mass is 10.1. The smallest absolute Gasteiger partial charge is 0.247 e. The second-order valence-corrected chi connectivity index (χ2v) is 5.75. The van der Waals surface area contributed by atoms with E-state index in [0.29, 0.717) is 11.8 Å². The number of hydrogen-bond donors (Lipinski definition) is 1. The maximum atomic E-state index is 5.80. The van der Waals surface area contributed by atoms with Crippen molar-refractivity contribution in [1.82, 2.24) is 10.2 Å². The van der Waals surface area contributed by atoms with E-state index in [0.717, 1.165) is 22.7 Å². The Balaban J connectivity index is 1.50. The van der Waals surface area contributed by atoms with Crippen molar-refractivity contribution < 1.29 is 13.9 Å². The Morgan fingerprint density at radius 1 is 1.00 bits per heavy atom. The molecule has 1 N–H and O–H groups in total. The molecule has 1 aromatic heterocycles. The van der Waals surface area contributed by atoms with Gasteiger partial charge in [-0.3, -0.25) is 0 Å². The standard InChI is InChI=1S/C18H17N3O3/c1-11-3-5-13(6-4-11)18-21-20-17(24-18)12(2)19-14-7-8-15-16(9-14)23-10-22-15/h3-9,12,19H,10H2,1-2H3. The van der Waals surface area contributed by atoms with Crippen LogP contribution in [-0.2, 0) is 0 Å². The molecule has 0 saturated heterocycles. The van der Waals surface area contributed by atoms with Gasteiger partial charge in [0.1, 0.15) is 6.04 Å². The quantitative estimate of drug-likeness (QED) is 0.784. The van der Waals surface area contributed by atoms with E-state index in [1.54, 1.807) is 0 Å². The van der Waals surface area contributed by atoms with Gasteiger partial charge in [0.15, 0.2) is 11.5 Å². The minimum atomic E-state index is -0.128. The van der Waals surface area contributed by atoms with E-state index in [4.69, 9.17) is 13.9 Å². The first-order chi connectivity index (χ1) is 11.7. The Morgan fingerprint density at radius 3 is 2.62 bits per heavy atom. The number of nitrogens with zero attached hydrogens (tertiary/aromatic N) is 2. The summed E-state index contributed by atoms with van der Waals surface area (Å²) in [7, 11) is 0. The Bertz CT molecular complexity index is 858. The minimum absolute atomic E-state index is 0.128. The van der Waals surface area contributed by atoms with Crippen molar-refractivity contribution in [3.8, 4) is 23.0 Å². The second-order valence-electron chi connectivity index (χ2n) is 5.75. The third-order valence-corrected chi connectivity index (χ3v) is 3.87. The predicted octanol–water partition coefficient (Wildman–Crippen LogP) is 3.95. The average Bonchev–Trinajstić information content (AvgIpc) is 3.24. The molecule has 2 heterocycles. The molecule has 0 bridgehead atoms. The first-order valence-electron chi connectivity index (χ1n) is 7.76. The lowest BCUT2D eigenvalue weighted by molar-refractivity contribution is 0.174. The van der Waals surface area contributed by atoms with Crippen molar-refractivity contribution in [2.24, 2.45) is 0 Å². The first-order valence-corrected chi connectivity index (χ1v) is 7.76. The maximum Gasteiger partial charge on any atom is 0.247 e. The highest BCUT2D eigenvalue weighted by Gasteiger charge is 2.17. The number of aromatic nitrogens is 2. The van der Waals surface area contributed by atoms with Gasteiger partial charge in [0.2, 0.25) is 18.6 Å². The topological polar surface area (TPSA) is 69.4 Å². The number of nitrogens with one attached hydrogen (secondary N) is 1. The van der Waals surface area contributed by atoms with Crippen LogP contribution in [0.2, 0.25) is 0 Å². The fourth-order valence-electron chi connectivity index (χ4n) is 2.52. The van der Waals surface area contributed by atoms with Crippen LogP contribution in [0.1, 0.15) is 24.4 Å². The molecule has 24 heavy (non-hydrogen) atoms. The molecular weight excluding hydrogens is 306 g/mol. The van der Waals surface area contributed by atoms with Crippen LogP contribution in [-0.4, -0.2) is 17.0 Å². The van der Waals surface area contributed by atoms with Gasteiger partial charge in [0.05, 0.1) is 0 Å². The zero-order valence-electron chi connectivity index (χ0n) is 13.4. The van der Waals surface area contributed by atoms with Gasteiger partial charge in [0.25, 0.3) is 0 Å². The highest BCUT2D eigenvalue weighted by Crippen LogP contribution is 2.35. The molecule has 0 amide bonds. The molecule has 0 aliphatic carbocycles. The van der Waals surface area contributed by atoms with Crippen LogP contribution >= 0.6 is 0 Å². The summed E-state index contributed by atoms with van der Waals surface area (Å²) in [5.41, 5.74) is 3.01. The highest BCUT2D eigenvalue weighted by molar-refractivity contribution is 5.56. The van der Waals surface area contributed by atoms with Crippen LogP contribution in [0, 0.1) is 6.92 Å². The summed E-state index contributed by atoms with van der Waals surface area (Å²) in [6.07, 6.45) is 0. The molecule has 0 fully saturated rings. The van der Waals surface area contributed by atoms with Crippen molar-refractivity contribution in [1.29, 1.82) is 0 Å². The summed E-state index contributed by atoms with van der Waals surface area (Å²) in [4.78, 5) is 0. The van der Waals surface area contributed by atoms with Gasteiger partial charge in [-0.1, -0.05) is 17.7 Å². The van der Waals surface area contributed by atoms with E-state index in [1.165, 1.54) is 5.56 Å². The zero-order valence-corrected chi connectivity index (χ0v) is 13.4. The summed E-state index contributed by atoms with van der Waals surface area (Å²) in [6, 6.07) is 13.6. The van der Waals surface area contributed by atoms with E-state index >= 15 is 0 Å². The molecule has 0 radical (unpaired) electrons. The summed E-state index contributed by atoms with van der Waals surface area (Å²) < 4.78 is 16.5. The van der Waals surface area contributed by atoms with E-state index in [2.05, 4.69) is 15.5 Å². The Morgan fingerprint density at radius 2 is 1.79 bits per heavy atom. The fourth-order valence-corrected chi connectivity index (χ4v) is 2.52. The van der Waals surface area contributed by atoms with Crippen molar-refractivity contribution in [3.05, 3.63) is 53.9 Å². The van der Waals surface area contributed by atoms with Crippen LogP contribution < -0.4 is 14.8 Å². The van der Waals surface area contributed by atoms with Gasteiger partial charge in [-0.25, -0.2) is 0 Å². The number of benzene rings is 2. The Labute approximate surface area is 139 Å². The summed E-state index contributed by atoms with van der Waals surface area (Å²) in [6.45, 7) is 4.27. The van der Waals surface area contributed by atoms with E-state index in [9.17, 15) is 0 Å². The normalized spacial score (nSPS) is 13.8. The van der Waals surface area contributed by atoms with Crippen LogP contribution in [0.25, 0.3) is 11.5 Å². The lowest BCUT2D eigenvalue weighted by Crippen LogP contribution is -2.06. The third-order valence-electron chi connectivity index (χ3n) is 3.87. The second kappa shape index (κ2) is 5.88. The van der Waals surface area contributed by atoms with Crippen molar-refractivity contribution >= 4 is 5.69 Å². The first kappa shape index (κ1) is 14.6. The molecule has 1 aliphatic heterocycles. The van der Waals surface area contributed by atoms with Crippen molar-refractivity contribution in [2.45, 2.75) is 19.9 Å². The summed E-state index contributed by atoms with van der Waals surface area (Å²) >= 11 is 0. The molecule has 1 unspecified atom stereocenters. The summed E-state index contributed by atoms with van der Waals surface area (Å²) in [5.74, 6) is 2.54. The SMILES string of the molecule is Cc1ccc(-c2nnc(C(C)Nc3ccc4c(c3)OCO4)o2)cc1.